The molecule has 8 nitrogen and oxygen atoms in total. The highest BCUT2D eigenvalue weighted by atomic mass is 32.1. The van der Waals surface area contributed by atoms with Crippen LogP contribution in [0.1, 0.15) is 43.0 Å². The van der Waals surface area contributed by atoms with Gasteiger partial charge in [-0.05, 0) is 62.7 Å². The van der Waals surface area contributed by atoms with Crippen LogP contribution < -0.4 is 15.1 Å². The first-order valence-corrected chi connectivity index (χ1v) is 12.8. The van der Waals surface area contributed by atoms with Crippen LogP contribution in [0.3, 0.4) is 0 Å². The molecule has 38 heavy (non-hydrogen) atoms. The van der Waals surface area contributed by atoms with Gasteiger partial charge in [0, 0.05) is 35.2 Å². The Morgan fingerprint density at radius 3 is 2.53 bits per heavy atom. The number of pyridine rings is 1. The monoisotopic (exact) mass is 540 g/mol. The number of benzene rings is 1. The van der Waals surface area contributed by atoms with Crippen molar-refractivity contribution in [2.24, 2.45) is 0 Å². The number of halogens is 3. The smallest absolute Gasteiger partial charge is 0.344 e. The van der Waals surface area contributed by atoms with Gasteiger partial charge >= 0.3 is 6.18 Å². The molecular weight excluding hydrogens is 517 g/mol. The van der Waals surface area contributed by atoms with Crippen molar-refractivity contribution in [1.82, 2.24) is 14.9 Å². The molecule has 1 spiro atoms. The van der Waals surface area contributed by atoms with Crippen molar-refractivity contribution < 1.29 is 22.8 Å². The number of rotatable bonds is 3. The lowest BCUT2D eigenvalue weighted by Crippen LogP contribution is -2.62. The Morgan fingerprint density at radius 1 is 1.13 bits per heavy atom. The zero-order valence-corrected chi connectivity index (χ0v) is 21.0. The maximum Gasteiger partial charge on any atom is 0.419 e. The minimum absolute atomic E-state index is 0.180. The first-order chi connectivity index (χ1) is 18.2. The summed E-state index contributed by atoms with van der Waals surface area (Å²) in [6.45, 7) is 1.89. The van der Waals surface area contributed by atoms with Crippen molar-refractivity contribution in [2.75, 3.05) is 22.9 Å². The van der Waals surface area contributed by atoms with Crippen molar-refractivity contribution in [1.29, 1.82) is 5.26 Å². The number of piperidine rings is 1. The molecular formula is C26H23F3N6O2S. The quantitative estimate of drug-likeness (QED) is 0.385. The number of thiol groups is 1. The minimum atomic E-state index is -4.85. The molecule has 0 radical (unpaired) electrons. The molecule has 1 amide bonds. The van der Waals surface area contributed by atoms with Crippen molar-refractivity contribution in [3.8, 4) is 6.07 Å². The number of fused-ring (bicyclic) bond motifs is 1. The zero-order chi connectivity index (χ0) is 26.8. The molecule has 3 fully saturated rings. The summed E-state index contributed by atoms with van der Waals surface area (Å²) in [6.07, 6.45) is 0.657. The Morgan fingerprint density at radius 2 is 1.89 bits per heavy atom. The van der Waals surface area contributed by atoms with Gasteiger partial charge in [-0.3, -0.25) is 14.5 Å². The Labute approximate surface area is 221 Å². The Balaban J connectivity index is 1.42. The summed E-state index contributed by atoms with van der Waals surface area (Å²) in [4.78, 5) is 33.0. The van der Waals surface area contributed by atoms with Crippen LogP contribution in [0.15, 0.2) is 42.7 Å². The summed E-state index contributed by atoms with van der Waals surface area (Å²) in [6, 6.07) is 10.2. The van der Waals surface area contributed by atoms with Crippen LogP contribution in [-0.2, 0) is 15.8 Å². The van der Waals surface area contributed by atoms with E-state index >= 15 is 0 Å². The van der Waals surface area contributed by atoms with Gasteiger partial charge in [-0.25, -0.2) is 4.98 Å². The fraction of sp³-hybridized carbons (Fsp3) is 0.385. The lowest BCUT2D eigenvalue weighted by molar-refractivity contribution is -0.140. The van der Waals surface area contributed by atoms with E-state index in [2.05, 4.69) is 27.5 Å². The van der Waals surface area contributed by atoms with Gasteiger partial charge < -0.3 is 14.8 Å². The first-order valence-electron chi connectivity index (χ1n) is 12.3. The molecule has 2 aliphatic heterocycles. The Hall–Kier alpha value is -3.56. The lowest BCUT2D eigenvalue weighted by Gasteiger charge is -2.42. The highest BCUT2D eigenvalue weighted by Gasteiger charge is 2.66. The number of amides is 1. The second-order valence-corrected chi connectivity index (χ2v) is 10.3. The maximum absolute atomic E-state index is 13.7. The van der Waals surface area contributed by atoms with Gasteiger partial charge in [-0.2, -0.15) is 18.4 Å². The summed E-state index contributed by atoms with van der Waals surface area (Å²) in [5.41, 5.74) is -3.24. The van der Waals surface area contributed by atoms with Gasteiger partial charge in [0.05, 0.1) is 17.4 Å². The fourth-order valence-corrected chi connectivity index (χ4v) is 6.43. The van der Waals surface area contributed by atoms with E-state index in [-0.39, 0.29) is 24.3 Å². The third-order valence-corrected chi connectivity index (χ3v) is 8.33. The largest absolute Gasteiger partial charge is 0.419 e. The number of nitrogens with zero attached hydrogens (tertiary/aromatic N) is 5. The highest BCUT2D eigenvalue weighted by Crippen LogP contribution is 2.49. The van der Waals surface area contributed by atoms with E-state index < -0.39 is 34.4 Å². The number of carbonyl (C=O) groups excluding carboxylic acids is 2. The zero-order valence-electron chi connectivity index (χ0n) is 20.1. The lowest BCUT2D eigenvalue weighted by atomic mass is 9.73. The van der Waals surface area contributed by atoms with Crippen molar-refractivity contribution in [2.45, 2.75) is 48.9 Å². The van der Waals surface area contributed by atoms with E-state index in [0.29, 0.717) is 11.7 Å². The predicted molar refractivity (Wildman–Crippen MR) is 137 cm³/mol. The maximum atomic E-state index is 13.7. The number of anilines is 2. The van der Waals surface area contributed by atoms with Crippen LogP contribution in [0.5, 0.6) is 0 Å². The molecule has 3 aliphatic rings. The molecule has 12 heteroatoms. The number of carbonyl (C=O) groups is 2. The van der Waals surface area contributed by atoms with Crippen LogP contribution >= 0.6 is 12.6 Å². The molecule has 1 saturated carbocycles. The van der Waals surface area contributed by atoms with Gasteiger partial charge in [0.25, 0.3) is 5.91 Å². The van der Waals surface area contributed by atoms with Crippen LogP contribution in [0, 0.1) is 11.3 Å². The molecule has 0 bridgehead atoms. The number of ketones is 1. The average Bonchev–Trinajstić information content (AvgIpc) is 3.44. The third-order valence-electron chi connectivity index (χ3n) is 7.87. The van der Waals surface area contributed by atoms with Gasteiger partial charge in [0.1, 0.15) is 6.07 Å². The molecule has 1 N–H and O–H groups in total. The van der Waals surface area contributed by atoms with Crippen LogP contribution in [0.25, 0.3) is 10.9 Å². The van der Waals surface area contributed by atoms with E-state index in [1.54, 1.807) is 4.90 Å². The molecule has 1 aliphatic carbocycles. The SMILES string of the molecule is N#Cc1ncc(N2C(=O)C3(CCC3=O)N(c3ccc4c(ccn4C4CCNCC4)c3)C2S)cc1C(F)(F)F. The summed E-state index contributed by atoms with van der Waals surface area (Å²) >= 11 is 4.64. The summed E-state index contributed by atoms with van der Waals surface area (Å²) in [5, 5.41) is 13.4. The number of aromatic nitrogens is 2. The molecule has 196 valence electrons. The van der Waals surface area contributed by atoms with Crippen molar-refractivity contribution in [3.63, 3.8) is 0 Å². The molecule has 1 aromatic carbocycles. The van der Waals surface area contributed by atoms with Gasteiger partial charge in [0.15, 0.2) is 22.5 Å². The van der Waals surface area contributed by atoms with E-state index in [9.17, 15) is 22.8 Å². The van der Waals surface area contributed by atoms with Crippen LogP contribution in [0.2, 0.25) is 0 Å². The minimum Gasteiger partial charge on any atom is -0.344 e. The molecule has 4 heterocycles. The molecule has 2 aromatic heterocycles. The highest BCUT2D eigenvalue weighted by molar-refractivity contribution is 7.81. The number of hydrogen-bond acceptors (Lipinski definition) is 7. The Bertz CT molecular complexity index is 1510. The van der Waals surface area contributed by atoms with Crippen LogP contribution in [-0.4, -0.2) is 45.4 Å². The van der Waals surface area contributed by atoms with Crippen molar-refractivity contribution in [3.05, 3.63) is 54.0 Å². The first kappa shape index (κ1) is 24.8. The van der Waals surface area contributed by atoms with E-state index in [1.807, 2.05) is 30.5 Å². The number of nitriles is 1. The van der Waals surface area contributed by atoms with E-state index in [0.717, 1.165) is 54.0 Å². The van der Waals surface area contributed by atoms with Crippen LogP contribution in [0.4, 0.5) is 24.5 Å². The number of hydrogen-bond donors (Lipinski definition) is 2. The average molecular weight is 541 g/mol. The Kier molecular flexibility index (Phi) is 5.70. The summed E-state index contributed by atoms with van der Waals surface area (Å²) in [7, 11) is 0. The van der Waals surface area contributed by atoms with Gasteiger partial charge in [0.2, 0.25) is 0 Å². The van der Waals surface area contributed by atoms with Crippen molar-refractivity contribution >= 4 is 46.6 Å². The molecule has 2 saturated heterocycles. The molecule has 3 aromatic rings. The second-order valence-electron chi connectivity index (χ2n) is 9.82. The number of alkyl halides is 3. The topological polar surface area (TPSA) is 94.3 Å². The van der Waals surface area contributed by atoms with Gasteiger partial charge in [-0.1, -0.05) is 0 Å². The number of Topliss-reactive ketones (excluding diaryl/α,β-unsaturated/α-hetero) is 1. The summed E-state index contributed by atoms with van der Waals surface area (Å²) in [5.74, 6) is -0.963. The standard InChI is InChI=1S/C26H23F3N6O2S/c27-26(28,29)19-12-18(14-32-20(19)13-30)34-23(37)25(7-3-22(25)36)35(24(34)38)17-1-2-21-15(11-17)6-10-33(21)16-4-8-31-9-5-16/h1-2,6,10-12,14,16,24,31,38H,3-5,7-9H2. The third kappa shape index (κ3) is 3.52. The van der Waals surface area contributed by atoms with Gasteiger partial charge in [-0.15, -0.1) is 12.6 Å². The predicted octanol–water partition coefficient (Wildman–Crippen LogP) is 4.02. The fourth-order valence-electron chi connectivity index (χ4n) is 5.86. The normalized spacial score (nSPS) is 24.3. The molecule has 2 unspecified atom stereocenters. The second kappa shape index (κ2) is 8.74. The van der Waals surface area contributed by atoms with E-state index in [4.69, 9.17) is 5.26 Å². The molecule has 6 rings (SSSR count). The van der Waals surface area contributed by atoms with E-state index in [1.165, 1.54) is 6.07 Å². The summed E-state index contributed by atoms with van der Waals surface area (Å²) < 4.78 is 43.1. The number of nitrogens with one attached hydrogen (secondary N) is 1. The molecule has 2 atom stereocenters.